The number of nitrogens with one attached hydrogen (secondary N) is 2. The second-order valence-electron chi connectivity index (χ2n) is 4.97. The molecule has 0 aliphatic heterocycles. The van der Waals surface area contributed by atoms with E-state index in [1.165, 1.54) is 0 Å². The number of urea groups is 1. The third kappa shape index (κ3) is 3.99. The van der Waals surface area contributed by atoms with E-state index in [0.717, 1.165) is 11.3 Å². The summed E-state index contributed by atoms with van der Waals surface area (Å²) in [5.41, 5.74) is 8.45. The van der Waals surface area contributed by atoms with E-state index in [-0.39, 0.29) is 12.0 Å². The molecular weight excluding hydrogens is 326 g/mol. The van der Waals surface area contributed by atoms with Gasteiger partial charge in [-0.2, -0.15) is 0 Å². The van der Waals surface area contributed by atoms with Gasteiger partial charge in [-0.25, -0.2) is 14.8 Å². The van der Waals surface area contributed by atoms with Crippen LogP contribution in [0.5, 0.6) is 0 Å². The number of amides is 2. The molecule has 0 saturated heterocycles. The van der Waals surface area contributed by atoms with E-state index in [1.807, 2.05) is 12.1 Å². The van der Waals surface area contributed by atoms with Gasteiger partial charge in [-0.15, -0.1) is 0 Å². The highest BCUT2D eigenvalue weighted by atomic mass is 35.5. The normalized spacial score (nSPS) is 10.2. The molecule has 2 amide bonds. The van der Waals surface area contributed by atoms with Gasteiger partial charge in [0.05, 0.1) is 5.69 Å². The Bertz CT molecular complexity index is 867. The molecule has 0 bridgehead atoms. The van der Waals surface area contributed by atoms with E-state index in [1.54, 1.807) is 48.7 Å². The predicted molar refractivity (Wildman–Crippen MR) is 96.0 cm³/mol. The number of hydrogen-bond acceptors (Lipinski definition) is 4. The number of aromatic nitrogens is 2. The topological polar surface area (TPSA) is 92.9 Å². The van der Waals surface area contributed by atoms with Gasteiger partial charge in [0, 0.05) is 28.2 Å². The van der Waals surface area contributed by atoms with Crippen molar-refractivity contribution in [3.05, 3.63) is 65.8 Å². The second-order valence-corrected chi connectivity index (χ2v) is 5.40. The fraction of sp³-hybridized carbons (Fsp3) is 0. The smallest absolute Gasteiger partial charge is 0.323 e. The van der Waals surface area contributed by atoms with Crippen molar-refractivity contribution >= 4 is 35.0 Å². The molecular formula is C17H14ClN5O. The summed E-state index contributed by atoms with van der Waals surface area (Å²) in [6.45, 7) is 0. The first kappa shape index (κ1) is 15.8. The molecule has 0 atom stereocenters. The summed E-state index contributed by atoms with van der Waals surface area (Å²) in [6, 6.07) is 15.6. The van der Waals surface area contributed by atoms with Gasteiger partial charge in [-0.3, -0.25) is 0 Å². The molecule has 0 unspecified atom stereocenters. The van der Waals surface area contributed by atoms with Crippen LogP contribution in [0.1, 0.15) is 0 Å². The molecule has 0 radical (unpaired) electrons. The van der Waals surface area contributed by atoms with Crippen LogP contribution in [0.2, 0.25) is 5.02 Å². The second kappa shape index (κ2) is 6.97. The lowest BCUT2D eigenvalue weighted by atomic mass is 10.1. The van der Waals surface area contributed by atoms with E-state index in [9.17, 15) is 4.79 Å². The average molecular weight is 340 g/mol. The van der Waals surface area contributed by atoms with Gasteiger partial charge in [-0.05, 0) is 36.4 Å². The largest absolute Gasteiger partial charge is 0.368 e. The van der Waals surface area contributed by atoms with Gasteiger partial charge < -0.3 is 16.4 Å². The molecule has 0 aliphatic carbocycles. The number of nitrogen functional groups attached to an aromatic ring is 1. The van der Waals surface area contributed by atoms with Crippen LogP contribution in [0.3, 0.4) is 0 Å². The number of anilines is 3. The van der Waals surface area contributed by atoms with Gasteiger partial charge in [0.2, 0.25) is 5.95 Å². The van der Waals surface area contributed by atoms with Gasteiger partial charge in [0.1, 0.15) is 0 Å². The Hall–Kier alpha value is -3.12. The molecule has 3 rings (SSSR count). The van der Waals surface area contributed by atoms with Crippen LogP contribution in [0, 0.1) is 0 Å². The maximum Gasteiger partial charge on any atom is 0.323 e. The van der Waals surface area contributed by atoms with Crippen molar-refractivity contribution in [3.63, 3.8) is 0 Å². The van der Waals surface area contributed by atoms with Crippen LogP contribution in [0.4, 0.5) is 22.1 Å². The fourth-order valence-corrected chi connectivity index (χ4v) is 2.31. The molecule has 0 spiro atoms. The van der Waals surface area contributed by atoms with Crippen LogP contribution >= 0.6 is 11.6 Å². The molecule has 7 heteroatoms. The number of benzene rings is 2. The minimum atomic E-state index is -0.351. The number of nitrogens with zero attached hydrogens (tertiary/aromatic N) is 2. The number of nitrogens with two attached hydrogens (primary N) is 1. The Kier molecular flexibility index (Phi) is 4.58. The Morgan fingerprint density at radius 1 is 1.00 bits per heavy atom. The molecule has 1 heterocycles. The first-order valence-electron chi connectivity index (χ1n) is 7.13. The molecule has 1 aromatic heterocycles. The fourth-order valence-electron chi connectivity index (χ4n) is 2.12. The quantitative estimate of drug-likeness (QED) is 0.671. The van der Waals surface area contributed by atoms with Crippen LogP contribution in [0.15, 0.2) is 60.8 Å². The van der Waals surface area contributed by atoms with Crippen molar-refractivity contribution in [2.75, 3.05) is 16.4 Å². The highest BCUT2D eigenvalue weighted by Crippen LogP contribution is 2.20. The number of rotatable bonds is 3. The summed E-state index contributed by atoms with van der Waals surface area (Å²) in [5.74, 6) is 0.218. The SMILES string of the molecule is Nc1nccc(-c2ccc(NC(=O)Nc3cccc(Cl)c3)cc2)n1. The van der Waals surface area contributed by atoms with E-state index >= 15 is 0 Å². The molecule has 24 heavy (non-hydrogen) atoms. The van der Waals surface area contributed by atoms with Gasteiger partial charge in [-0.1, -0.05) is 29.8 Å². The molecule has 0 saturated carbocycles. The average Bonchev–Trinajstić information content (AvgIpc) is 2.55. The lowest BCUT2D eigenvalue weighted by molar-refractivity contribution is 0.262. The van der Waals surface area contributed by atoms with Gasteiger partial charge >= 0.3 is 6.03 Å². The molecule has 4 N–H and O–H groups in total. The van der Waals surface area contributed by atoms with E-state index in [4.69, 9.17) is 17.3 Å². The third-order valence-electron chi connectivity index (χ3n) is 3.20. The first-order chi connectivity index (χ1) is 11.6. The van der Waals surface area contributed by atoms with Gasteiger partial charge in [0.25, 0.3) is 0 Å². The standard InChI is InChI=1S/C17H14ClN5O/c18-12-2-1-3-14(10-12)22-17(24)21-13-6-4-11(5-7-13)15-8-9-20-16(19)23-15/h1-10H,(H2,19,20,23)(H2,21,22,24). The summed E-state index contributed by atoms with van der Waals surface area (Å²) in [4.78, 5) is 20.0. The number of carbonyl (C=O) groups is 1. The van der Waals surface area contributed by atoms with Crippen molar-refractivity contribution in [1.29, 1.82) is 0 Å². The minimum Gasteiger partial charge on any atom is -0.368 e. The Balaban J connectivity index is 1.66. The van der Waals surface area contributed by atoms with Crippen molar-refractivity contribution in [2.24, 2.45) is 0 Å². The summed E-state index contributed by atoms with van der Waals surface area (Å²) < 4.78 is 0. The van der Waals surface area contributed by atoms with Crippen molar-refractivity contribution in [3.8, 4) is 11.3 Å². The molecule has 3 aromatic rings. The molecule has 0 fully saturated rings. The van der Waals surface area contributed by atoms with Gasteiger partial charge in [0.15, 0.2) is 0 Å². The molecule has 120 valence electrons. The van der Waals surface area contributed by atoms with Crippen molar-refractivity contribution in [2.45, 2.75) is 0 Å². The maximum atomic E-state index is 12.0. The molecule has 2 aromatic carbocycles. The maximum absolute atomic E-state index is 12.0. The zero-order chi connectivity index (χ0) is 16.9. The number of hydrogen-bond donors (Lipinski definition) is 3. The Morgan fingerprint density at radius 3 is 2.46 bits per heavy atom. The highest BCUT2D eigenvalue weighted by Gasteiger charge is 2.05. The summed E-state index contributed by atoms with van der Waals surface area (Å²) >= 11 is 5.88. The lowest BCUT2D eigenvalue weighted by Gasteiger charge is -2.08. The van der Waals surface area contributed by atoms with E-state index in [0.29, 0.717) is 16.4 Å². The minimum absolute atomic E-state index is 0.218. The predicted octanol–water partition coefficient (Wildman–Crippen LogP) is 4.02. The van der Waals surface area contributed by atoms with E-state index < -0.39 is 0 Å². The van der Waals surface area contributed by atoms with Crippen molar-refractivity contribution in [1.82, 2.24) is 9.97 Å². The Morgan fingerprint density at radius 2 is 1.75 bits per heavy atom. The first-order valence-corrected chi connectivity index (χ1v) is 7.50. The lowest BCUT2D eigenvalue weighted by Crippen LogP contribution is -2.19. The third-order valence-corrected chi connectivity index (χ3v) is 3.43. The van der Waals surface area contributed by atoms with Crippen LogP contribution in [0.25, 0.3) is 11.3 Å². The zero-order valence-corrected chi connectivity index (χ0v) is 13.3. The van der Waals surface area contributed by atoms with Crippen LogP contribution < -0.4 is 16.4 Å². The summed E-state index contributed by atoms with van der Waals surface area (Å²) in [7, 11) is 0. The summed E-state index contributed by atoms with van der Waals surface area (Å²) in [5, 5.41) is 6.02. The monoisotopic (exact) mass is 339 g/mol. The van der Waals surface area contributed by atoms with E-state index in [2.05, 4.69) is 20.6 Å². The molecule has 0 aliphatic rings. The number of halogens is 1. The number of carbonyl (C=O) groups excluding carboxylic acids is 1. The zero-order valence-electron chi connectivity index (χ0n) is 12.5. The van der Waals surface area contributed by atoms with Crippen molar-refractivity contribution < 1.29 is 4.79 Å². The Labute approximate surface area is 143 Å². The highest BCUT2D eigenvalue weighted by molar-refractivity contribution is 6.30. The van der Waals surface area contributed by atoms with Crippen LogP contribution in [-0.2, 0) is 0 Å². The summed E-state index contributed by atoms with van der Waals surface area (Å²) in [6.07, 6.45) is 1.60. The molecule has 6 nitrogen and oxygen atoms in total. The van der Waals surface area contributed by atoms with Crippen LogP contribution in [-0.4, -0.2) is 16.0 Å².